The van der Waals surface area contributed by atoms with E-state index in [4.69, 9.17) is 0 Å². The number of hydrogen-bond acceptors (Lipinski definition) is 3. The number of ketones is 1. The van der Waals surface area contributed by atoms with Crippen molar-refractivity contribution in [1.29, 1.82) is 0 Å². The second kappa shape index (κ2) is 5.23. The molecule has 0 radical (unpaired) electrons. The van der Waals surface area contributed by atoms with Crippen LogP contribution in [0.3, 0.4) is 0 Å². The topological polar surface area (TPSA) is 60.2 Å². The molecule has 4 nitrogen and oxygen atoms in total. The minimum atomic E-state index is -0.501. The maximum Gasteiger partial charge on any atom is 0.270 e. The molecule has 0 aliphatic heterocycles. The van der Waals surface area contributed by atoms with E-state index >= 15 is 0 Å². The van der Waals surface area contributed by atoms with E-state index in [9.17, 15) is 14.9 Å². The van der Waals surface area contributed by atoms with Crippen molar-refractivity contribution >= 4 is 11.5 Å². The second-order valence-corrected chi connectivity index (χ2v) is 3.89. The zero-order valence-corrected chi connectivity index (χ0v) is 9.58. The Morgan fingerprint density at radius 2 is 1.78 bits per heavy atom. The maximum atomic E-state index is 12.0. The second-order valence-electron chi connectivity index (χ2n) is 3.89. The normalized spacial score (nSPS) is 10.0. The first-order valence-electron chi connectivity index (χ1n) is 5.48. The molecule has 0 bridgehead atoms. The molecule has 0 N–H and O–H groups in total. The molecule has 2 aromatic carbocycles. The minimum absolute atomic E-state index is 0.0612. The molecule has 2 rings (SSSR count). The zero-order chi connectivity index (χ0) is 13.0. The lowest BCUT2D eigenvalue weighted by molar-refractivity contribution is -0.384. The van der Waals surface area contributed by atoms with E-state index in [1.165, 1.54) is 18.2 Å². The van der Waals surface area contributed by atoms with Crippen molar-refractivity contribution in [3.05, 3.63) is 75.8 Å². The first-order chi connectivity index (χ1) is 8.66. The summed E-state index contributed by atoms with van der Waals surface area (Å²) in [6.45, 7) is 0. The molecule has 0 saturated heterocycles. The van der Waals surface area contributed by atoms with E-state index in [0.29, 0.717) is 5.56 Å². The Bertz CT molecular complexity index is 579. The summed E-state index contributed by atoms with van der Waals surface area (Å²) in [5.74, 6) is -0.120. The molecule has 0 heterocycles. The summed E-state index contributed by atoms with van der Waals surface area (Å²) in [5, 5.41) is 10.6. The van der Waals surface area contributed by atoms with Gasteiger partial charge in [-0.05, 0) is 5.56 Å². The van der Waals surface area contributed by atoms with Gasteiger partial charge in [-0.1, -0.05) is 42.5 Å². The van der Waals surface area contributed by atoms with Gasteiger partial charge < -0.3 is 0 Å². The molecule has 0 aliphatic carbocycles. The summed E-state index contributed by atoms with van der Waals surface area (Å²) >= 11 is 0. The van der Waals surface area contributed by atoms with Crippen LogP contribution < -0.4 is 0 Å². The number of nitro benzene ring substituents is 1. The Balaban J connectivity index is 2.19. The number of hydrogen-bond donors (Lipinski definition) is 0. The Kier molecular flexibility index (Phi) is 3.48. The number of carbonyl (C=O) groups is 1. The van der Waals surface area contributed by atoms with Gasteiger partial charge in [0, 0.05) is 24.1 Å². The van der Waals surface area contributed by atoms with E-state index in [0.717, 1.165) is 5.56 Å². The van der Waals surface area contributed by atoms with Gasteiger partial charge in [-0.25, -0.2) is 0 Å². The molecule has 0 atom stereocenters. The van der Waals surface area contributed by atoms with Crippen LogP contribution in [-0.4, -0.2) is 10.7 Å². The minimum Gasteiger partial charge on any atom is -0.294 e. The smallest absolute Gasteiger partial charge is 0.270 e. The van der Waals surface area contributed by atoms with Crippen LogP contribution in [0.1, 0.15) is 15.9 Å². The predicted molar refractivity (Wildman–Crippen MR) is 67.6 cm³/mol. The molecule has 18 heavy (non-hydrogen) atoms. The summed E-state index contributed by atoms with van der Waals surface area (Å²) in [6.07, 6.45) is 0.252. The summed E-state index contributed by atoms with van der Waals surface area (Å²) in [5.41, 5.74) is 1.20. The van der Waals surface area contributed by atoms with E-state index in [2.05, 4.69) is 0 Å². The van der Waals surface area contributed by atoms with Gasteiger partial charge in [0.25, 0.3) is 5.69 Å². The number of nitrogens with zero attached hydrogens (tertiary/aromatic N) is 1. The van der Waals surface area contributed by atoms with Crippen molar-refractivity contribution in [2.45, 2.75) is 6.42 Å². The fourth-order valence-electron chi connectivity index (χ4n) is 1.68. The van der Waals surface area contributed by atoms with Crippen molar-refractivity contribution < 1.29 is 9.72 Å². The van der Waals surface area contributed by atoms with Crippen molar-refractivity contribution in [1.82, 2.24) is 0 Å². The third-order valence-electron chi connectivity index (χ3n) is 2.59. The van der Waals surface area contributed by atoms with Gasteiger partial charge in [0.2, 0.25) is 0 Å². The van der Waals surface area contributed by atoms with Gasteiger partial charge in [0.05, 0.1) is 4.92 Å². The van der Waals surface area contributed by atoms with Crippen LogP contribution in [0.25, 0.3) is 0 Å². The summed E-state index contributed by atoms with van der Waals surface area (Å²) in [4.78, 5) is 22.1. The third kappa shape index (κ3) is 2.79. The molecule has 0 spiro atoms. The van der Waals surface area contributed by atoms with Crippen molar-refractivity contribution in [2.24, 2.45) is 0 Å². The van der Waals surface area contributed by atoms with E-state index in [1.807, 2.05) is 30.3 Å². The van der Waals surface area contributed by atoms with Crippen LogP contribution in [0.4, 0.5) is 5.69 Å². The summed E-state index contributed by atoms with van der Waals surface area (Å²) in [7, 11) is 0. The highest BCUT2D eigenvalue weighted by Crippen LogP contribution is 2.15. The highest BCUT2D eigenvalue weighted by atomic mass is 16.6. The Morgan fingerprint density at radius 1 is 1.06 bits per heavy atom. The molecule has 0 unspecified atom stereocenters. The van der Waals surface area contributed by atoms with Gasteiger partial charge in [-0.3, -0.25) is 14.9 Å². The fourth-order valence-corrected chi connectivity index (χ4v) is 1.68. The van der Waals surface area contributed by atoms with Gasteiger partial charge in [-0.2, -0.15) is 0 Å². The number of Topliss-reactive ketones (excluding diaryl/α,β-unsaturated/α-hetero) is 1. The quantitative estimate of drug-likeness (QED) is 0.469. The van der Waals surface area contributed by atoms with Crippen molar-refractivity contribution in [3.8, 4) is 0 Å². The van der Waals surface area contributed by atoms with Gasteiger partial charge >= 0.3 is 0 Å². The molecule has 0 amide bonds. The van der Waals surface area contributed by atoms with Crippen LogP contribution in [0.5, 0.6) is 0 Å². The number of non-ortho nitro benzene ring substituents is 1. The zero-order valence-electron chi connectivity index (χ0n) is 9.58. The molecular weight excluding hydrogens is 230 g/mol. The number of benzene rings is 2. The standard InChI is InChI=1S/C14H11NO3/c16-14(9-11-5-2-1-3-6-11)12-7-4-8-13(10-12)15(17)18/h1-8,10H,9H2. The molecule has 90 valence electrons. The lowest BCUT2D eigenvalue weighted by Crippen LogP contribution is -2.03. The average molecular weight is 241 g/mol. The monoisotopic (exact) mass is 241 g/mol. The summed E-state index contributed by atoms with van der Waals surface area (Å²) in [6, 6.07) is 15.1. The molecule has 0 fully saturated rings. The molecule has 4 heteroatoms. The Morgan fingerprint density at radius 3 is 2.44 bits per heavy atom. The third-order valence-corrected chi connectivity index (χ3v) is 2.59. The Hall–Kier alpha value is -2.49. The van der Waals surface area contributed by atoms with Crippen LogP contribution in [0, 0.1) is 10.1 Å². The lowest BCUT2D eigenvalue weighted by atomic mass is 10.0. The van der Waals surface area contributed by atoms with Crippen LogP contribution in [0.2, 0.25) is 0 Å². The largest absolute Gasteiger partial charge is 0.294 e. The average Bonchev–Trinajstić information content (AvgIpc) is 2.40. The van der Waals surface area contributed by atoms with Crippen molar-refractivity contribution in [3.63, 3.8) is 0 Å². The number of carbonyl (C=O) groups excluding carboxylic acids is 1. The highest BCUT2D eigenvalue weighted by Gasteiger charge is 2.11. The van der Waals surface area contributed by atoms with Crippen LogP contribution in [0.15, 0.2) is 54.6 Å². The molecule has 2 aromatic rings. The van der Waals surface area contributed by atoms with Crippen LogP contribution >= 0.6 is 0 Å². The molecule has 0 saturated carbocycles. The summed E-state index contributed by atoms with van der Waals surface area (Å²) < 4.78 is 0. The van der Waals surface area contributed by atoms with E-state index in [-0.39, 0.29) is 17.9 Å². The van der Waals surface area contributed by atoms with Gasteiger partial charge in [0.1, 0.15) is 0 Å². The highest BCUT2D eigenvalue weighted by molar-refractivity contribution is 5.98. The van der Waals surface area contributed by atoms with Crippen molar-refractivity contribution in [2.75, 3.05) is 0 Å². The Labute approximate surface area is 104 Å². The SMILES string of the molecule is O=C(Cc1ccccc1)c1cccc([N+](=O)[O-])c1. The van der Waals surface area contributed by atoms with E-state index in [1.54, 1.807) is 6.07 Å². The maximum absolute atomic E-state index is 12.0. The number of rotatable bonds is 4. The molecular formula is C14H11NO3. The first-order valence-corrected chi connectivity index (χ1v) is 5.48. The van der Waals surface area contributed by atoms with Gasteiger partial charge in [-0.15, -0.1) is 0 Å². The van der Waals surface area contributed by atoms with Crippen LogP contribution in [-0.2, 0) is 6.42 Å². The lowest BCUT2D eigenvalue weighted by Gasteiger charge is -2.01. The molecule has 0 aromatic heterocycles. The van der Waals surface area contributed by atoms with E-state index < -0.39 is 4.92 Å². The van der Waals surface area contributed by atoms with Gasteiger partial charge in [0.15, 0.2) is 5.78 Å². The molecule has 0 aliphatic rings. The fraction of sp³-hybridized carbons (Fsp3) is 0.0714. The number of nitro groups is 1. The predicted octanol–water partition coefficient (Wildman–Crippen LogP) is 3.02. The first kappa shape index (κ1) is 12.0.